The van der Waals surface area contributed by atoms with E-state index >= 15 is 0 Å². The zero-order chi connectivity index (χ0) is 21.8. The molecule has 1 aliphatic rings. The van der Waals surface area contributed by atoms with E-state index in [1.807, 2.05) is 32.1 Å². The summed E-state index contributed by atoms with van der Waals surface area (Å²) in [7, 11) is -8.67. The van der Waals surface area contributed by atoms with E-state index in [2.05, 4.69) is 0 Å². The van der Waals surface area contributed by atoms with Crippen molar-refractivity contribution in [3.63, 3.8) is 0 Å². The summed E-state index contributed by atoms with van der Waals surface area (Å²) >= 11 is 0. The van der Waals surface area contributed by atoms with E-state index in [1.165, 1.54) is 12.1 Å². The third-order valence-corrected chi connectivity index (χ3v) is 7.58. The highest BCUT2D eigenvalue weighted by Crippen LogP contribution is 2.38. The molecule has 3 aromatic rings. The highest BCUT2D eigenvalue weighted by molar-refractivity contribution is 7.86. The Morgan fingerprint density at radius 2 is 1.53 bits per heavy atom. The van der Waals surface area contributed by atoms with Gasteiger partial charge in [-0.3, -0.25) is 9.11 Å². The topological polar surface area (TPSA) is 109 Å². The van der Waals surface area contributed by atoms with E-state index in [9.17, 15) is 25.9 Å². The molecular formula is C22H20O6S2. The van der Waals surface area contributed by atoms with Crippen LogP contribution in [0.5, 0.6) is 0 Å². The summed E-state index contributed by atoms with van der Waals surface area (Å²) in [5.41, 5.74) is 4.15. The van der Waals surface area contributed by atoms with Crippen LogP contribution in [0.2, 0.25) is 0 Å². The van der Waals surface area contributed by atoms with Gasteiger partial charge in [-0.05, 0) is 65.6 Å². The normalized spacial score (nSPS) is 16.6. The van der Waals surface area contributed by atoms with Crippen LogP contribution in [-0.2, 0) is 26.7 Å². The summed E-state index contributed by atoms with van der Waals surface area (Å²) in [5, 5.41) is 1.18. The van der Waals surface area contributed by atoms with Gasteiger partial charge in [0.2, 0.25) is 0 Å². The zero-order valence-electron chi connectivity index (χ0n) is 16.3. The number of benzene rings is 3. The molecule has 0 aliphatic heterocycles. The smallest absolute Gasteiger partial charge is 0.282 e. The molecular weight excluding hydrogens is 424 g/mol. The standard InChI is InChI=1S/C22H20O6S2/c1-13-6-11-22(30(26,27)28)19-8-7-15(12-20(13)19)16-9-10-18-17(14(16)2)4-3-5-21(18)29(23,24)25/h3-11,15H,12H2,1-2H3,(H,23,24,25)(H,26,27,28). The van der Waals surface area contributed by atoms with E-state index in [1.54, 1.807) is 24.3 Å². The lowest BCUT2D eigenvalue weighted by molar-refractivity contribution is 0.481. The summed E-state index contributed by atoms with van der Waals surface area (Å²) in [4.78, 5) is -0.237. The maximum absolute atomic E-state index is 11.7. The average molecular weight is 445 g/mol. The van der Waals surface area contributed by atoms with Gasteiger partial charge in [0.05, 0.1) is 0 Å². The van der Waals surface area contributed by atoms with Gasteiger partial charge in [-0.25, -0.2) is 0 Å². The van der Waals surface area contributed by atoms with Crippen LogP contribution in [0.25, 0.3) is 16.8 Å². The van der Waals surface area contributed by atoms with Gasteiger partial charge in [0.15, 0.2) is 0 Å². The molecule has 0 aromatic heterocycles. The maximum atomic E-state index is 11.7. The zero-order valence-corrected chi connectivity index (χ0v) is 18.0. The molecule has 2 N–H and O–H groups in total. The van der Waals surface area contributed by atoms with Gasteiger partial charge in [0.25, 0.3) is 20.2 Å². The van der Waals surface area contributed by atoms with Gasteiger partial charge in [0.1, 0.15) is 9.79 Å². The van der Waals surface area contributed by atoms with Crippen molar-refractivity contribution in [2.45, 2.75) is 36.0 Å². The Morgan fingerprint density at radius 3 is 2.20 bits per heavy atom. The molecule has 0 heterocycles. The molecule has 0 saturated carbocycles. The molecule has 6 nitrogen and oxygen atoms in total. The van der Waals surface area contributed by atoms with E-state index in [-0.39, 0.29) is 15.7 Å². The van der Waals surface area contributed by atoms with Gasteiger partial charge < -0.3 is 0 Å². The van der Waals surface area contributed by atoms with Crippen molar-refractivity contribution in [1.29, 1.82) is 0 Å². The molecule has 1 aliphatic carbocycles. The van der Waals surface area contributed by atoms with Crippen LogP contribution < -0.4 is 0 Å². The Balaban J connectivity index is 1.85. The van der Waals surface area contributed by atoms with Crippen LogP contribution in [0.3, 0.4) is 0 Å². The van der Waals surface area contributed by atoms with Crippen molar-refractivity contribution in [2.75, 3.05) is 0 Å². The molecule has 0 saturated heterocycles. The first-order valence-electron chi connectivity index (χ1n) is 9.26. The number of allylic oxidation sites excluding steroid dienone is 1. The predicted molar refractivity (Wildman–Crippen MR) is 115 cm³/mol. The highest BCUT2D eigenvalue weighted by atomic mass is 32.2. The first-order valence-corrected chi connectivity index (χ1v) is 12.1. The molecule has 1 atom stereocenters. The van der Waals surface area contributed by atoms with E-state index in [0.717, 1.165) is 27.6 Å². The van der Waals surface area contributed by atoms with Gasteiger partial charge >= 0.3 is 0 Å². The SMILES string of the molecule is Cc1ccc(S(=O)(=O)O)c2c1CC(c1ccc3c(S(=O)(=O)O)cccc3c1C)C=C2. The van der Waals surface area contributed by atoms with E-state index in [4.69, 9.17) is 0 Å². The molecule has 0 spiro atoms. The Morgan fingerprint density at radius 1 is 0.833 bits per heavy atom. The first-order chi connectivity index (χ1) is 14.0. The van der Waals surface area contributed by atoms with Crippen molar-refractivity contribution < 1.29 is 25.9 Å². The second-order valence-electron chi connectivity index (χ2n) is 7.52. The summed E-state index contributed by atoms with van der Waals surface area (Å²) < 4.78 is 65.9. The number of hydrogen-bond donors (Lipinski definition) is 2. The molecule has 4 rings (SSSR count). The first kappa shape index (κ1) is 20.7. The Kier molecular flexibility index (Phi) is 4.85. The molecule has 8 heteroatoms. The van der Waals surface area contributed by atoms with Crippen LogP contribution in [0.1, 0.15) is 33.7 Å². The van der Waals surface area contributed by atoms with Crippen LogP contribution in [0, 0.1) is 13.8 Å². The molecule has 1 unspecified atom stereocenters. The van der Waals surface area contributed by atoms with Crippen molar-refractivity contribution in [3.8, 4) is 0 Å². The van der Waals surface area contributed by atoms with Gasteiger partial charge in [-0.2, -0.15) is 16.8 Å². The lowest BCUT2D eigenvalue weighted by Crippen LogP contribution is -2.12. The van der Waals surface area contributed by atoms with Gasteiger partial charge in [-0.15, -0.1) is 0 Å². The van der Waals surface area contributed by atoms with Crippen molar-refractivity contribution >= 4 is 37.1 Å². The lowest BCUT2D eigenvalue weighted by Gasteiger charge is -2.25. The summed E-state index contributed by atoms with van der Waals surface area (Å²) in [5.74, 6) is -0.0494. The second-order valence-corrected chi connectivity index (χ2v) is 10.3. The van der Waals surface area contributed by atoms with Crippen molar-refractivity contribution in [3.05, 3.63) is 76.4 Å². The largest absolute Gasteiger partial charge is 0.295 e. The second kappa shape index (κ2) is 7.02. The third kappa shape index (κ3) is 3.45. The van der Waals surface area contributed by atoms with Crippen LogP contribution in [0.4, 0.5) is 0 Å². The lowest BCUT2D eigenvalue weighted by atomic mass is 9.81. The molecule has 0 amide bonds. The van der Waals surface area contributed by atoms with Crippen molar-refractivity contribution in [1.82, 2.24) is 0 Å². The number of fused-ring (bicyclic) bond motifs is 2. The minimum atomic E-state index is -4.34. The number of hydrogen-bond acceptors (Lipinski definition) is 4. The summed E-state index contributed by atoms with van der Waals surface area (Å²) in [6.07, 6.45) is 4.17. The third-order valence-electron chi connectivity index (χ3n) is 5.76. The van der Waals surface area contributed by atoms with E-state index < -0.39 is 20.2 Å². The van der Waals surface area contributed by atoms with Gasteiger partial charge in [-0.1, -0.05) is 42.5 Å². The van der Waals surface area contributed by atoms with E-state index in [0.29, 0.717) is 17.4 Å². The Labute approximate surface area is 175 Å². The quantitative estimate of drug-likeness (QED) is 0.583. The molecule has 0 fully saturated rings. The minimum Gasteiger partial charge on any atom is -0.282 e. The molecule has 30 heavy (non-hydrogen) atoms. The Hall–Kier alpha value is -2.52. The average Bonchev–Trinajstić information content (AvgIpc) is 2.66. The molecule has 156 valence electrons. The fourth-order valence-electron chi connectivity index (χ4n) is 4.27. The Bertz CT molecular complexity index is 1430. The molecule has 3 aromatic carbocycles. The molecule has 0 bridgehead atoms. The fraction of sp³-hybridized carbons (Fsp3) is 0.182. The predicted octanol–water partition coefficient (Wildman–Crippen LogP) is 4.30. The number of rotatable bonds is 3. The maximum Gasteiger partial charge on any atom is 0.295 e. The number of aryl methyl sites for hydroxylation is 2. The summed E-state index contributed by atoms with van der Waals surface area (Å²) in [6.45, 7) is 3.80. The molecule has 0 radical (unpaired) electrons. The van der Waals surface area contributed by atoms with Gasteiger partial charge in [0, 0.05) is 11.3 Å². The van der Waals surface area contributed by atoms with Crippen molar-refractivity contribution in [2.24, 2.45) is 0 Å². The highest BCUT2D eigenvalue weighted by Gasteiger charge is 2.25. The summed E-state index contributed by atoms with van der Waals surface area (Å²) in [6, 6.07) is 11.4. The van der Waals surface area contributed by atoms with Crippen LogP contribution >= 0.6 is 0 Å². The van der Waals surface area contributed by atoms with Crippen LogP contribution in [-0.4, -0.2) is 25.9 Å². The monoisotopic (exact) mass is 444 g/mol. The fourth-order valence-corrected chi connectivity index (χ4v) is 5.68. The minimum absolute atomic E-state index is 0.0494. The van der Waals surface area contributed by atoms with Crippen LogP contribution in [0.15, 0.2) is 58.3 Å².